The van der Waals surface area contributed by atoms with Crippen molar-refractivity contribution in [2.24, 2.45) is 5.41 Å². The third-order valence-electron chi connectivity index (χ3n) is 8.75. The fraction of sp³-hybridized carbons (Fsp3) is 0.543. The molecule has 0 radical (unpaired) electrons. The van der Waals surface area contributed by atoms with Crippen LogP contribution in [0.3, 0.4) is 0 Å². The predicted octanol–water partition coefficient (Wildman–Crippen LogP) is 11.1. The van der Waals surface area contributed by atoms with Crippen LogP contribution in [0, 0.1) is 5.41 Å². The molecular formula is C35H48. The fourth-order valence-corrected chi connectivity index (χ4v) is 7.40. The molecule has 0 spiro atoms. The summed E-state index contributed by atoms with van der Waals surface area (Å²) in [6, 6.07) is 18.8. The Bertz CT molecular complexity index is 991. The van der Waals surface area contributed by atoms with E-state index < -0.39 is 0 Å². The maximum Gasteiger partial charge on any atom is 0.0120 e. The molecule has 4 rings (SSSR count). The first-order valence-electron chi connectivity index (χ1n) is 14.6. The third-order valence-corrected chi connectivity index (χ3v) is 8.75. The molecule has 0 fully saturated rings. The molecule has 0 amide bonds. The minimum atomic E-state index is 0.128. The van der Waals surface area contributed by atoms with Gasteiger partial charge in [-0.1, -0.05) is 127 Å². The van der Waals surface area contributed by atoms with Crippen molar-refractivity contribution < 1.29 is 0 Å². The van der Waals surface area contributed by atoms with Gasteiger partial charge < -0.3 is 0 Å². The summed E-state index contributed by atoms with van der Waals surface area (Å²) in [6.45, 7) is 14.6. The van der Waals surface area contributed by atoms with E-state index in [2.05, 4.69) is 90.1 Å². The van der Waals surface area contributed by atoms with E-state index in [-0.39, 0.29) is 5.41 Å². The molecule has 0 aromatic heterocycles. The van der Waals surface area contributed by atoms with E-state index in [0.717, 1.165) is 0 Å². The summed E-state index contributed by atoms with van der Waals surface area (Å²) in [5.74, 6) is 1.00. The van der Waals surface area contributed by atoms with Crippen LogP contribution in [0.15, 0.2) is 59.7 Å². The third kappa shape index (κ3) is 4.71. The molecule has 0 heteroatoms. The summed E-state index contributed by atoms with van der Waals surface area (Å²) in [5.41, 5.74) is 13.3. The number of hydrogen-bond donors (Lipinski definition) is 0. The molecule has 0 bridgehead atoms. The Labute approximate surface area is 215 Å². The first-order valence-corrected chi connectivity index (χ1v) is 14.6. The zero-order valence-corrected chi connectivity index (χ0v) is 23.3. The molecule has 0 saturated carbocycles. The highest BCUT2D eigenvalue weighted by atomic mass is 14.5. The summed E-state index contributed by atoms with van der Waals surface area (Å²) in [4.78, 5) is 0. The Morgan fingerprint density at radius 2 is 0.943 bits per heavy atom. The van der Waals surface area contributed by atoms with Gasteiger partial charge in [0.25, 0.3) is 0 Å². The molecule has 0 nitrogen and oxygen atoms in total. The van der Waals surface area contributed by atoms with E-state index in [0.29, 0.717) is 11.8 Å². The second-order valence-corrected chi connectivity index (χ2v) is 11.6. The molecule has 0 N–H and O–H groups in total. The van der Waals surface area contributed by atoms with E-state index in [1.807, 2.05) is 0 Å². The Morgan fingerprint density at radius 3 is 1.31 bits per heavy atom. The largest absolute Gasteiger partial charge is 0.0654 e. The van der Waals surface area contributed by atoms with Crippen LogP contribution in [0.2, 0.25) is 0 Å². The summed E-state index contributed by atoms with van der Waals surface area (Å²) in [6.07, 6.45) is 12.5. The van der Waals surface area contributed by atoms with Crippen molar-refractivity contribution >= 4 is 11.1 Å². The molecule has 2 unspecified atom stereocenters. The van der Waals surface area contributed by atoms with E-state index in [1.54, 1.807) is 44.5 Å². The van der Waals surface area contributed by atoms with Gasteiger partial charge in [-0.3, -0.25) is 0 Å². The molecule has 0 heterocycles. The highest BCUT2D eigenvalue weighted by molar-refractivity contribution is 5.81. The number of benzene rings is 2. The van der Waals surface area contributed by atoms with E-state index in [9.17, 15) is 0 Å². The fourth-order valence-electron chi connectivity index (χ4n) is 7.40. The Hall–Kier alpha value is -2.08. The van der Waals surface area contributed by atoms with Gasteiger partial charge in [0.1, 0.15) is 0 Å². The monoisotopic (exact) mass is 468 g/mol. The Balaban J connectivity index is 1.90. The summed E-state index contributed by atoms with van der Waals surface area (Å²) in [7, 11) is 0. The quantitative estimate of drug-likeness (QED) is 0.290. The second-order valence-electron chi connectivity index (χ2n) is 11.6. The first kappa shape index (κ1) is 26.0. The maximum atomic E-state index is 2.61. The normalized spacial score (nSPS) is 19.5. The Kier molecular flexibility index (Phi) is 8.41. The topological polar surface area (TPSA) is 0 Å². The van der Waals surface area contributed by atoms with Crippen molar-refractivity contribution in [3.05, 3.63) is 81.9 Å². The van der Waals surface area contributed by atoms with Gasteiger partial charge in [0.2, 0.25) is 0 Å². The SMILES string of the molecule is CCCCC1=C(CCC)c2ccccc2C1C(C)(C)C1C(CCCC)=C(CCC)c2ccccc21. The van der Waals surface area contributed by atoms with Gasteiger partial charge in [-0.25, -0.2) is 0 Å². The van der Waals surface area contributed by atoms with Crippen LogP contribution in [0.5, 0.6) is 0 Å². The number of hydrogen-bond acceptors (Lipinski definition) is 0. The van der Waals surface area contributed by atoms with Crippen LogP contribution in [0.4, 0.5) is 0 Å². The molecule has 188 valence electrons. The molecule has 2 aromatic rings. The van der Waals surface area contributed by atoms with Crippen molar-refractivity contribution in [2.75, 3.05) is 0 Å². The van der Waals surface area contributed by atoms with Crippen molar-refractivity contribution in [3.8, 4) is 0 Å². The van der Waals surface area contributed by atoms with Crippen LogP contribution < -0.4 is 0 Å². The van der Waals surface area contributed by atoms with Gasteiger partial charge in [0.05, 0.1) is 0 Å². The molecular weight excluding hydrogens is 420 g/mol. The highest BCUT2D eigenvalue weighted by Gasteiger charge is 2.48. The average molecular weight is 469 g/mol. The van der Waals surface area contributed by atoms with Gasteiger partial charge >= 0.3 is 0 Å². The number of rotatable bonds is 12. The van der Waals surface area contributed by atoms with Crippen molar-refractivity contribution in [3.63, 3.8) is 0 Å². The number of fused-ring (bicyclic) bond motifs is 2. The molecule has 2 aliphatic rings. The lowest BCUT2D eigenvalue weighted by atomic mass is 9.61. The molecule has 2 aliphatic carbocycles. The molecule has 35 heavy (non-hydrogen) atoms. The van der Waals surface area contributed by atoms with Crippen LogP contribution in [0.1, 0.15) is 140 Å². The summed E-state index contributed by atoms with van der Waals surface area (Å²) < 4.78 is 0. The molecule has 2 aromatic carbocycles. The van der Waals surface area contributed by atoms with Crippen LogP contribution in [-0.2, 0) is 0 Å². The Morgan fingerprint density at radius 1 is 0.543 bits per heavy atom. The van der Waals surface area contributed by atoms with Crippen molar-refractivity contribution in [1.29, 1.82) is 0 Å². The zero-order chi connectivity index (χ0) is 25.0. The number of unbranched alkanes of at least 4 members (excludes halogenated alkanes) is 2. The minimum Gasteiger partial charge on any atom is -0.0654 e. The lowest BCUT2D eigenvalue weighted by Crippen LogP contribution is -2.31. The summed E-state index contributed by atoms with van der Waals surface area (Å²) in [5, 5.41) is 0. The van der Waals surface area contributed by atoms with Crippen LogP contribution in [0.25, 0.3) is 11.1 Å². The van der Waals surface area contributed by atoms with E-state index >= 15 is 0 Å². The van der Waals surface area contributed by atoms with Crippen molar-refractivity contribution in [2.45, 2.75) is 118 Å². The minimum absolute atomic E-state index is 0.128. The van der Waals surface area contributed by atoms with Crippen molar-refractivity contribution in [1.82, 2.24) is 0 Å². The lowest BCUT2D eigenvalue weighted by molar-refractivity contribution is 0.266. The van der Waals surface area contributed by atoms with Gasteiger partial charge in [0.15, 0.2) is 0 Å². The molecule has 0 aliphatic heterocycles. The smallest absolute Gasteiger partial charge is 0.0120 e. The lowest BCUT2D eigenvalue weighted by Gasteiger charge is -2.42. The summed E-state index contributed by atoms with van der Waals surface area (Å²) >= 11 is 0. The van der Waals surface area contributed by atoms with Gasteiger partial charge in [0, 0.05) is 11.8 Å². The maximum absolute atomic E-state index is 2.61. The van der Waals surface area contributed by atoms with Gasteiger partial charge in [-0.15, -0.1) is 0 Å². The number of allylic oxidation sites excluding steroid dienone is 4. The highest BCUT2D eigenvalue weighted by Crippen LogP contribution is 2.63. The van der Waals surface area contributed by atoms with Crippen LogP contribution >= 0.6 is 0 Å². The average Bonchev–Trinajstić information content (AvgIpc) is 3.35. The van der Waals surface area contributed by atoms with Gasteiger partial charge in [-0.2, -0.15) is 0 Å². The predicted molar refractivity (Wildman–Crippen MR) is 155 cm³/mol. The van der Waals surface area contributed by atoms with E-state index in [1.165, 1.54) is 64.2 Å². The zero-order valence-electron chi connectivity index (χ0n) is 23.3. The van der Waals surface area contributed by atoms with E-state index in [4.69, 9.17) is 0 Å². The molecule has 0 saturated heterocycles. The molecule has 2 atom stereocenters. The van der Waals surface area contributed by atoms with Gasteiger partial charge in [-0.05, 0) is 77.3 Å². The standard InChI is InChI=1S/C35H48/c1-7-11-19-29-25(17-9-3)27-21-13-15-23-31(27)33(29)35(5,6)34-30(20-12-8-2)26(18-10-4)28-22-14-16-24-32(28)34/h13-16,21-24,33-34H,7-12,17-20H2,1-6H3. The first-order chi connectivity index (χ1) is 17.0. The second kappa shape index (κ2) is 11.3. The van der Waals surface area contributed by atoms with Crippen LogP contribution in [-0.4, -0.2) is 0 Å².